The molecule has 16 heavy (non-hydrogen) atoms. The second-order valence-electron chi connectivity index (χ2n) is 3.61. The fraction of sp³-hybridized carbons (Fsp3) is 0.231. The van der Waals surface area contributed by atoms with Crippen LogP contribution in [0.15, 0.2) is 48.9 Å². The molecule has 3 nitrogen and oxygen atoms in total. The maximum absolute atomic E-state index is 4.25. The summed E-state index contributed by atoms with van der Waals surface area (Å²) in [5, 5.41) is 3.36. The largest absolute Gasteiger partial charge is 0.311 e. The first-order valence-electron chi connectivity index (χ1n) is 5.45. The summed E-state index contributed by atoms with van der Waals surface area (Å²) in [7, 11) is 0. The van der Waals surface area contributed by atoms with Gasteiger partial charge >= 0.3 is 0 Å². The summed E-state index contributed by atoms with van der Waals surface area (Å²) >= 11 is 0. The first-order valence-corrected chi connectivity index (χ1v) is 5.45. The zero-order chi connectivity index (χ0) is 11.1. The third-order valence-electron chi connectivity index (χ3n) is 2.35. The van der Waals surface area contributed by atoms with E-state index in [4.69, 9.17) is 0 Å². The van der Waals surface area contributed by atoms with Crippen LogP contribution in [0.1, 0.15) is 11.3 Å². The van der Waals surface area contributed by atoms with Gasteiger partial charge in [-0.05, 0) is 36.7 Å². The molecule has 0 aliphatic rings. The van der Waals surface area contributed by atoms with Crippen LogP contribution in [0.25, 0.3) is 0 Å². The van der Waals surface area contributed by atoms with Crippen LogP contribution in [-0.4, -0.2) is 16.5 Å². The highest BCUT2D eigenvalue weighted by molar-refractivity contribution is 5.09. The van der Waals surface area contributed by atoms with Crippen LogP contribution in [0.2, 0.25) is 0 Å². The van der Waals surface area contributed by atoms with Crippen LogP contribution in [-0.2, 0) is 13.0 Å². The summed E-state index contributed by atoms with van der Waals surface area (Å²) in [6.45, 7) is 1.77. The maximum atomic E-state index is 4.25. The molecule has 0 saturated heterocycles. The molecule has 2 rings (SSSR count). The second-order valence-corrected chi connectivity index (χ2v) is 3.61. The van der Waals surface area contributed by atoms with E-state index >= 15 is 0 Å². The van der Waals surface area contributed by atoms with Crippen molar-refractivity contribution in [3.8, 4) is 0 Å². The van der Waals surface area contributed by atoms with Gasteiger partial charge in [-0.3, -0.25) is 9.97 Å². The molecular weight excluding hydrogens is 198 g/mol. The number of rotatable bonds is 5. The minimum atomic E-state index is 0.821. The SMILES string of the molecule is c1ccc(CNCCc2cccnc2)nc1. The van der Waals surface area contributed by atoms with Crippen LogP contribution in [0, 0.1) is 0 Å². The van der Waals surface area contributed by atoms with E-state index in [2.05, 4.69) is 21.4 Å². The van der Waals surface area contributed by atoms with Crippen molar-refractivity contribution in [3.05, 3.63) is 60.2 Å². The third-order valence-corrected chi connectivity index (χ3v) is 2.35. The molecule has 2 aromatic heterocycles. The number of nitrogens with one attached hydrogen (secondary N) is 1. The Kier molecular flexibility index (Phi) is 4.02. The monoisotopic (exact) mass is 213 g/mol. The van der Waals surface area contributed by atoms with E-state index in [1.165, 1.54) is 5.56 Å². The van der Waals surface area contributed by atoms with Crippen molar-refractivity contribution in [2.45, 2.75) is 13.0 Å². The van der Waals surface area contributed by atoms with E-state index in [1.807, 2.05) is 36.7 Å². The van der Waals surface area contributed by atoms with Crippen LogP contribution >= 0.6 is 0 Å². The molecule has 0 fully saturated rings. The molecule has 0 aliphatic heterocycles. The first-order chi connectivity index (χ1) is 7.95. The van der Waals surface area contributed by atoms with Crippen molar-refractivity contribution in [2.24, 2.45) is 0 Å². The quantitative estimate of drug-likeness (QED) is 0.770. The van der Waals surface area contributed by atoms with E-state index in [0.29, 0.717) is 0 Å². The number of nitrogens with zero attached hydrogens (tertiary/aromatic N) is 2. The molecular formula is C13H15N3. The van der Waals surface area contributed by atoms with Crippen molar-refractivity contribution < 1.29 is 0 Å². The van der Waals surface area contributed by atoms with Crippen LogP contribution < -0.4 is 5.32 Å². The lowest BCUT2D eigenvalue weighted by Crippen LogP contribution is -2.17. The van der Waals surface area contributed by atoms with E-state index in [1.54, 1.807) is 6.20 Å². The highest BCUT2D eigenvalue weighted by atomic mass is 14.9. The van der Waals surface area contributed by atoms with E-state index in [-0.39, 0.29) is 0 Å². The molecule has 2 aromatic rings. The van der Waals surface area contributed by atoms with Gasteiger partial charge in [0.2, 0.25) is 0 Å². The van der Waals surface area contributed by atoms with Gasteiger partial charge < -0.3 is 5.32 Å². The molecule has 0 unspecified atom stereocenters. The van der Waals surface area contributed by atoms with Crippen LogP contribution in [0.4, 0.5) is 0 Å². The minimum Gasteiger partial charge on any atom is -0.311 e. The Labute approximate surface area is 95.6 Å². The number of hydrogen-bond acceptors (Lipinski definition) is 3. The third kappa shape index (κ3) is 3.44. The van der Waals surface area contributed by atoms with Gasteiger partial charge in [0.15, 0.2) is 0 Å². The molecule has 0 radical (unpaired) electrons. The fourth-order valence-electron chi connectivity index (χ4n) is 1.50. The Morgan fingerprint density at radius 2 is 2.06 bits per heavy atom. The average molecular weight is 213 g/mol. The van der Waals surface area contributed by atoms with Crippen molar-refractivity contribution >= 4 is 0 Å². The lowest BCUT2D eigenvalue weighted by molar-refractivity contribution is 0.674. The fourth-order valence-corrected chi connectivity index (χ4v) is 1.50. The normalized spacial score (nSPS) is 10.2. The molecule has 0 aliphatic carbocycles. The topological polar surface area (TPSA) is 37.8 Å². The van der Waals surface area contributed by atoms with Gasteiger partial charge in [-0.2, -0.15) is 0 Å². The second kappa shape index (κ2) is 5.98. The van der Waals surface area contributed by atoms with Gasteiger partial charge in [-0.25, -0.2) is 0 Å². The van der Waals surface area contributed by atoms with Gasteiger partial charge in [0.25, 0.3) is 0 Å². The van der Waals surface area contributed by atoms with Crippen molar-refractivity contribution in [3.63, 3.8) is 0 Å². The number of hydrogen-bond donors (Lipinski definition) is 1. The first kappa shape index (κ1) is 10.8. The molecule has 0 atom stereocenters. The summed E-state index contributed by atoms with van der Waals surface area (Å²) in [4.78, 5) is 8.33. The molecule has 82 valence electrons. The van der Waals surface area contributed by atoms with E-state index < -0.39 is 0 Å². The predicted octanol–water partition coefficient (Wildman–Crippen LogP) is 1.81. The summed E-state index contributed by atoms with van der Waals surface area (Å²) < 4.78 is 0. The van der Waals surface area contributed by atoms with Gasteiger partial charge in [-0.1, -0.05) is 12.1 Å². The van der Waals surface area contributed by atoms with E-state index in [0.717, 1.165) is 25.2 Å². The highest BCUT2D eigenvalue weighted by Gasteiger charge is 1.93. The maximum Gasteiger partial charge on any atom is 0.0541 e. The van der Waals surface area contributed by atoms with Gasteiger partial charge in [0.1, 0.15) is 0 Å². The van der Waals surface area contributed by atoms with Crippen LogP contribution in [0.3, 0.4) is 0 Å². The molecule has 1 N–H and O–H groups in total. The van der Waals surface area contributed by atoms with Gasteiger partial charge in [-0.15, -0.1) is 0 Å². The smallest absolute Gasteiger partial charge is 0.0541 e. The van der Waals surface area contributed by atoms with E-state index in [9.17, 15) is 0 Å². The Morgan fingerprint density at radius 3 is 2.81 bits per heavy atom. The minimum absolute atomic E-state index is 0.821. The summed E-state index contributed by atoms with van der Waals surface area (Å²) in [6, 6.07) is 10.0. The summed E-state index contributed by atoms with van der Waals surface area (Å²) in [6.07, 6.45) is 6.52. The lowest BCUT2D eigenvalue weighted by Gasteiger charge is -2.03. The van der Waals surface area contributed by atoms with Crippen molar-refractivity contribution in [1.29, 1.82) is 0 Å². The molecule has 3 heteroatoms. The highest BCUT2D eigenvalue weighted by Crippen LogP contribution is 1.96. The summed E-state index contributed by atoms with van der Waals surface area (Å²) in [5.41, 5.74) is 2.34. The molecule has 0 spiro atoms. The molecule has 0 saturated carbocycles. The number of pyridine rings is 2. The summed E-state index contributed by atoms with van der Waals surface area (Å²) in [5.74, 6) is 0. The Bertz CT molecular complexity index is 359. The molecule has 0 amide bonds. The zero-order valence-electron chi connectivity index (χ0n) is 9.13. The predicted molar refractivity (Wildman–Crippen MR) is 63.9 cm³/mol. The molecule has 2 heterocycles. The van der Waals surface area contributed by atoms with Crippen molar-refractivity contribution in [2.75, 3.05) is 6.54 Å². The van der Waals surface area contributed by atoms with Crippen molar-refractivity contribution in [1.82, 2.24) is 15.3 Å². The molecule has 0 bridgehead atoms. The standard InChI is InChI=1S/C13H15N3/c1-2-8-16-13(5-1)11-15-9-6-12-4-3-7-14-10-12/h1-5,7-8,10,15H,6,9,11H2. The lowest BCUT2D eigenvalue weighted by atomic mass is 10.2. The Hall–Kier alpha value is -1.74. The van der Waals surface area contributed by atoms with Crippen LogP contribution in [0.5, 0.6) is 0 Å². The average Bonchev–Trinajstić information content (AvgIpc) is 2.37. The number of aromatic nitrogens is 2. The Morgan fingerprint density at radius 1 is 1.06 bits per heavy atom. The molecule has 0 aromatic carbocycles. The zero-order valence-corrected chi connectivity index (χ0v) is 9.13. The Balaban J connectivity index is 1.70. The van der Waals surface area contributed by atoms with Gasteiger partial charge in [0, 0.05) is 25.1 Å². The van der Waals surface area contributed by atoms with Gasteiger partial charge in [0.05, 0.1) is 5.69 Å².